The molecule has 150 valence electrons. The number of amides is 1. The minimum Gasteiger partial charge on any atom is -0.345 e. The Morgan fingerprint density at radius 3 is 2.77 bits per heavy atom. The Kier molecular flexibility index (Phi) is 4.55. The first-order valence-electron chi connectivity index (χ1n) is 9.81. The normalized spacial score (nSPS) is 15.4. The average molecular weight is 416 g/mol. The van der Waals surface area contributed by atoms with E-state index in [1.54, 1.807) is 16.4 Å². The zero-order valence-corrected chi connectivity index (χ0v) is 17.8. The fraction of sp³-hybridized carbons (Fsp3) is 0.217. The molecule has 1 aliphatic heterocycles. The number of pyridine rings is 1. The van der Waals surface area contributed by atoms with E-state index in [9.17, 15) is 4.79 Å². The van der Waals surface area contributed by atoms with Gasteiger partial charge in [-0.05, 0) is 55.5 Å². The highest BCUT2D eigenvalue weighted by atomic mass is 32.2. The van der Waals surface area contributed by atoms with Gasteiger partial charge in [0.1, 0.15) is 11.6 Å². The fourth-order valence-electron chi connectivity index (χ4n) is 4.04. The number of nitrogens with one attached hydrogen (secondary N) is 1. The topological polar surface area (TPSA) is 72.7 Å². The van der Waals surface area contributed by atoms with E-state index in [1.807, 2.05) is 37.3 Å². The Morgan fingerprint density at radius 2 is 1.93 bits per heavy atom. The summed E-state index contributed by atoms with van der Waals surface area (Å²) in [7, 11) is 0. The van der Waals surface area contributed by atoms with E-state index >= 15 is 0 Å². The van der Waals surface area contributed by atoms with Gasteiger partial charge >= 0.3 is 0 Å². The number of benzene rings is 2. The Hall–Kier alpha value is -3.19. The summed E-state index contributed by atoms with van der Waals surface area (Å²) in [5, 5.41) is 8.81. The Morgan fingerprint density at radius 1 is 1.10 bits per heavy atom. The van der Waals surface area contributed by atoms with Crippen LogP contribution in [-0.4, -0.2) is 31.9 Å². The van der Waals surface area contributed by atoms with Crippen LogP contribution in [0.3, 0.4) is 0 Å². The number of thioether (sulfide) groups is 1. The number of aromatic nitrogens is 4. The van der Waals surface area contributed by atoms with Crippen LogP contribution < -0.4 is 5.32 Å². The van der Waals surface area contributed by atoms with Crippen LogP contribution in [0.2, 0.25) is 0 Å². The lowest BCUT2D eigenvalue weighted by molar-refractivity contribution is 0.0956. The highest BCUT2D eigenvalue weighted by Gasteiger charge is 2.29. The minimum atomic E-state index is -0.124. The van der Waals surface area contributed by atoms with E-state index in [1.165, 1.54) is 4.90 Å². The summed E-state index contributed by atoms with van der Waals surface area (Å²) in [5.74, 6) is 2.16. The lowest BCUT2D eigenvalue weighted by Crippen LogP contribution is -2.22. The summed E-state index contributed by atoms with van der Waals surface area (Å²) in [4.78, 5) is 23.0. The fourth-order valence-corrected chi connectivity index (χ4v) is 4.47. The molecule has 2 aromatic heterocycles. The Labute approximate surface area is 178 Å². The highest BCUT2D eigenvalue weighted by molar-refractivity contribution is 7.98. The van der Waals surface area contributed by atoms with Gasteiger partial charge in [-0.2, -0.15) is 4.68 Å². The second kappa shape index (κ2) is 7.25. The number of fused-ring (bicyclic) bond motifs is 2. The Balaban J connectivity index is 1.57. The molecule has 0 spiro atoms. The highest BCUT2D eigenvalue weighted by Crippen LogP contribution is 2.29. The molecule has 1 atom stereocenters. The van der Waals surface area contributed by atoms with Gasteiger partial charge in [0.15, 0.2) is 5.82 Å². The molecule has 30 heavy (non-hydrogen) atoms. The second-order valence-corrected chi connectivity index (χ2v) is 8.36. The number of rotatable bonds is 4. The predicted molar refractivity (Wildman–Crippen MR) is 118 cm³/mol. The van der Waals surface area contributed by atoms with Crippen molar-refractivity contribution in [1.82, 2.24) is 25.1 Å². The third-order valence-electron chi connectivity index (χ3n) is 5.48. The lowest BCUT2D eigenvalue weighted by Gasteiger charge is -2.13. The maximum atomic E-state index is 12.3. The molecule has 4 aromatic rings. The predicted octanol–water partition coefficient (Wildman–Crippen LogP) is 4.18. The van der Waals surface area contributed by atoms with Gasteiger partial charge in [-0.25, -0.2) is 9.97 Å². The summed E-state index contributed by atoms with van der Waals surface area (Å²) in [5.41, 5.74) is 3.81. The van der Waals surface area contributed by atoms with E-state index < -0.39 is 0 Å². The van der Waals surface area contributed by atoms with Crippen molar-refractivity contribution in [3.63, 3.8) is 0 Å². The van der Waals surface area contributed by atoms with Crippen molar-refractivity contribution < 1.29 is 4.79 Å². The summed E-state index contributed by atoms with van der Waals surface area (Å²) >= 11 is 1.70. The van der Waals surface area contributed by atoms with Crippen LogP contribution in [-0.2, 0) is 6.42 Å². The standard InChI is InChI=1S/C23H21N5OS/c1-13-10-21(25-19-11-15(30-3)8-9-16(13)19)28-22(24-14(2)27-28)12-20-17-6-4-5-7-18(17)23(29)26-20/h4-11,20H,12H2,1-3H3,(H,26,29). The third-order valence-corrected chi connectivity index (χ3v) is 6.21. The number of aryl methyl sites for hydroxylation is 2. The number of carbonyl (C=O) groups excluding carboxylic acids is 1. The van der Waals surface area contributed by atoms with Gasteiger partial charge in [0, 0.05) is 22.3 Å². The molecule has 0 bridgehead atoms. The largest absolute Gasteiger partial charge is 0.345 e. The maximum Gasteiger partial charge on any atom is 0.252 e. The smallest absolute Gasteiger partial charge is 0.252 e. The lowest BCUT2D eigenvalue weighted by atomic mass is 10.0. The number of hydrogen-bond donors (Lipinski definition) is 1. The van der Waals surface area contributed by atoms with Crippen molar-refractivity contribution in [2.45, 2.75) is 31.2 Å². The van der Waals surface area contributed by atoms with Crippen molar-refractivity contribution in [3.8, 4) is 5.82 Å². The third kappa shape index (κ3) is 3.15. The summed E-state index contributed by atoms with van der Waals surface area (Å²) in [6.07, 6.45) is 2.61. The molecular weight excluding hydrogens is 394 g/mol. The number of nitrogens with zero attached hydrogens (tertiary/aromatic N) is 4. The van der Waals surface area contributed by atoms with Crippen molar-refractivity contribution in [2.24, 2.45) is 0 Å². The Bertz CT molecular complexity index is 1300. The van der Waals surface area contributed by atoms with E-state index in [0.717, 1.165) is 39.2 Å². The van der Waals surface area contributed by atoms with Crippen LogP contribution in [0.1, 0.15) is 39.2 Å². The summed E-state index contributed by atoms with van der Waals surface area (Å²) < 4.78 is 1.81. The molecule has 1 amide bonds. The van der Waals surface area contributed by atoms with E-state index in [-0.39, 0.29) is 11.9 Å². The molecule has 0 fully saturated rings. The molecule has 1 unspecified atom stereocenters. The van der Waals surface area contributed by atoms with Gasteiger partial charge in [-0.15, -0.1) is 16.9 Å². The van der Waals surface area contributed by atoms with Crippen molar-refractivity contribution in [3.05, 3.63) is 76.9 Å². The van der Waals surface area contributed by atoms with Crippen LogP contribution in [0.5, 0.6) is 0 Å². The van der Waals surface area contributed by atoms with Gasteiger partial charge in [-0.3, -0.25) is 4.79 Å². The molecule has 1 aliphatic rings. The van der Waals surface area contributed by atoms with Crippen LogP contribution in [0.25, 0.3) is 16.7 Å². The zero-order valence-electron chi connectivity index (χ0n) is 17.0. The van der Waals surface area contributed by atoms with E-state index in [4.69, 9.17) is 4.98 Å². The molecule has 0 aliphatic carbocycles. The van der Waals surface area contributed by atoms with Crippen molar-refractivity contribution in [2.75, 3.05) is 6.26 Å². The second-order valence-electron chi connectivity index (χ2n) is 7.48. The summed E-state index contributed by atoms with van der Waals surface area (Å²) in [6, 6.07) is 16.0. The van der Waals surface area contributed by atoms with E-state index in [2.05, 4.69) is 46.8 Å². The first-order valence-corrected chi connectivity index (χ1v) is 11.0. The van der Waals surface area contributed by atoms with Crippen LogP contribution in [0.15, 0.2) is 53.4 Å². The van der Waals surface area contributed by atoms with Crippen LogP contribution >= 0.6 is 11.8 Å². The van der Waals surface area contributed by atoms with Crippen molar-refractivity contribution >= 4 is 28.6 Å². The molecule has 0 radical (unpaired) electrons. The SMILES string of the molecule is CSc1ccc2c(C)cc(-n3nc(C)nc3CC3NC(=O)c4ccccc43)nc2c1. The van der Waals surface area contributed by atoms with Gasteiger partial charge in [0.25, 0.3) is 5.91 Å². The number of hydrogen-bond acceptors (Lipinski definition) is 5. The average Bonchev–Trinajstić information content (AvgIpc) is 3.27. The first-order chi connectivity index (χ1) is 14.5. The molecule has 0 saturated heterocycles. The molecule has 1 N–H and O–H groups in total. The van der Waals surface area contributed by atoms with Gasteiger partial charge < -0.3 is 5.32 Å². The molecule has 6 nitrogen and oxygen atoms in total. The molecule has 3 heterocycles. The molecular formula is C23H21N5OS. The maximum absolute atomic E-state index is 12.3. The van der Waals surface area contributed by atoms with E-state index in [0.29, 0.717) is 12.2 Å². The number of carbonyl (C=O) groups is 1. The zero-order chi connectivity index (χ0) is 20.8. The van der Waals surface area contributed by atoms with Crippen LogP contribution in [0, 0.1) is 13.8 Å². The monoisotopic (exact) mass is 415 g/mol. The molecule has 7 heteroatoms. The first kappa shape index (κ1) is 18.8. The van der Waals surface area contributed by atoms with Crippen LogP contribution in [0.4, 0.5) is 0 Å². The van der Waals surface area contributed by atoms with Gasteiger partial charge in [0.05, 0.1) is 11.6 Å². The van der Waals surface area contributed by atoms with Gasteiger partial charge in [0.2, 0.25) is 0 Å². The molecule has 2 aromatic carbocycles. The summed E-state index contributed by atoms with van der Waals surface area (Å²) in [6.45, 7) is 3.96. The minimum absolute atomic E-state index is 0.0392. The molecule has 5 rings (SSSR count). The molecule has 0 saturated carbocycles. The van der Waals surface area contributed by atoms with Crippen molar-refractivity contribution in [1.29, 1.82) is 0 Å². The van der Waals surface area contributed by atoms with Gasteiger partial charge in [-0.1, -0.05) is 24.3 Å². The quantitative estimate of drug-likeness (QED) is 0.506.